The Morgan fingerprint density at radius 3 is 2.48 bits per heavy atom. The minimum atomic E-state index is -1.41. The Kier molecular flexibility index (Phi) is 5.44. The number of rotatable bonds is 5. The van der Waals surface area contributed by atoms with Crippen molar-refractivity contribution in [3.05, 3.63) is 0 Å². The van der Waals surface area contributed by atoms with Gasteiger partial charge in [-0.25, -0.2) is 0 Å². The number of carboxylic acids is 1. The number of carbonyl (C=O) groups excluding carboxylic acids is 1. The zero-order chi connectivity index (χ0) is 16.4. The summed E-state index contributed by atoms with van der Waals surface area (Å²) in [5, 5.41) is 9.41. The fourth-order valence-corrected chi connectivity index (χ4v) is 2.63. The van der Waals surface area contributed by atoms with E-state index in [1.54, 1.807) is 0 Å². The summed E-state index contributed by atoms with van der Waals surface area (Å²) in [5.74, 6) is -1.62. The lowest BCUT2D eigenvalue weighted by Gasteiger charge is -2.30. The molecule has 1 fully saturated rings. The predicted molar refractivity (Wildman–Crippen MR) is 81.8 cm³/mol. The van der Waals surface area contributed by atoms with E-state index in [-0.39, 0.29) is 23.8 Å². The molecule has 0 bridgehead atoms. The number of nitrogens with zero attached hydrogens (tertiary/aromatic N) is 1. The van der Waals surface area contributed by atoms with Gasteiger partial charge in [0.1, 0.15) is 5.54 Å². The first kappa shape index (κ1) is 18.0. The Balaban J connectivity index is 2.89. The molecule has 7 heteroatoms. The number of nitrogens with two attached hydrogens (primary N) is 2. The highest BCUT2D eigenvalue weighted by Crippen LogP contribution is 2.31. The SMILES string of the molecule is [B]CCC[C@H]1CN(C(=O)[C@@H](N)C(C)(C)C)C[C@@]1(N)C(=O)O. The first-order valence-electron chi connectivity index (χ1n) is 7.30. The Morgan fingerprint density at radius 1 is 1.48 bits per heavy atom. The Bertz CT molecular complexity index is 411. The van der Waals surface area contributed by atoms with Gasteiger partial charge in [-0.15, -0.1) is 0 Å². The van der Waals surface area contributed by atoms with Crippen molar-refractivity contribution in [1.82, 2.24) is 4.90 Å². The monoisotopic (exact) mass is 295 g/mol. The van der Waals surface area contributed by atoms with E-state index in [9.17, 15) is 14.7 Å². The standard InChI is InChI=1S/C14H26BN3O3/c1-13(2,3)10(16)11(19)18-7-9(5-4-6-15)14(17,8-18)12(20)21/h9-10H,4-8,16-17H2,1-3H3,(H,20,21)/t9-,10+,14-/m0/s1. The fraction of sp³-hybridized carbons (Fsp3) is 0.857. The first-order chi connectivity index (χ1) is 9.54. The zero-order valence-electron chi connectivity index (χ0n) is 13.1. The molecule has 5 N–H and O–H groups in total. The van der Waals surface area contributed by atoms with Crippen LogP contribution in [0.4, 0.5) is 0 Å². The molecule has 1 aliphatic rings. The normalized spacial score (nSPS) is 27.7. The van der Waals surface area contributed by atoms with E-state index in [4.69, 9.17) is 19.3 Å². The third-order valence-electron chi connectivity index (χ3n) is 4.29. The summed E-state index contributed by atoms with van der Waals surface area (Å²) >= 11 is 0. The van der Waals surface area contributed by atoms with Gasteiger partial charge in [0.2, 0.25) is 5.91 Å². The molecule has 2 radical (unpaired) electrons. The summed E-state index contributed by atoms with van der Waals surface area (Å²) in [6.45, 7) is 5.96. The smallest absolute Gasteiger partial charge is 0.325 e. The van der Waals surface area contributed by atoms with E-state index in [1.165, 1.54) is 4.90 Å². The van der Waals surface area contributed by atoms with Gasteiger partial charge in [-0.1, -0.05) is 33.5 Å². The summed E-state index contributed by atoms with van der Waals surface area (Å²) in [6.07, 6.45) is 1.75. The number of hydrogen-bond donors (Lipinski definition) is 3. The van der Waals surface area contributed by atoms with Crippen LogP contribution in [-0.4, -0.2) is 54.4 Å². The van der Waals surface area contributed by atoms with Gasteiger partial charge in [0.05, 0.1) is 13.9 Å². The minimum absolute atomic E-state index is 0.000183. The van der Waals surface area contributed by atoms with E-state index in [1.807, 2.05) is 20.8 Å². The van der Waals surface area contributed by atoms with Gasteiger partial charge in [0, 0.05) is 19.0 Å². The highest BCUT2D eigenvalue weighted by atomic mass is 16.4. The van der Waals surface area contributed by atoms with Crippen LogP contribution >= 0.6 is 0 Å². The molecule has 3 atom stereocenters. The van der Waals surface area contributed by atoms with E-state index < -0.39 is 17.6 Å². The molecule has 21 heavy (non-hydrogen) atoms. The summed E-state index contributed by atoms with van der Waals surface area (Å²) in [5.41, 5.74) is 10.2. The molecule has 1 amide bonds. The van der Waals surface area contributed by atoms with Crippen LogP contribution in [0.1, 0.15) is 33.6 Å². The molecule has 118 valence electrons. The minimum Gasteiger partial charge on any atom is -0.480 e. The fourth-order valence-electron chi connectivity index (χ4n) is 2.63. The molecule has 0 saturated carbocycles. The molecule has 0 aliphatic carbocycles. The van der Waals surface area contributed by atoms with Crippen LogP contribution in [0.2, 0.25) is 6.32 Å². The van der Waals surface area contributed by atoms with Crippen molar-refractivity contribution in [2.24, 2.45) is 22.8 Å². The molecule has 0 unspecified atom stereocenters. The highest BCUT2D eigenvalue weighted by molar-refractivity contribution is 6.08. The number of carbonyl (C=O) groups is 2. The second kappa shape index (κ2) is 6.36. The summed E-state index contributed by atoms with van der Waals surface area (Å²) in [7, 11) is 5.48. The van der Waals surface area contributed by atoms with Crippen molar-refractivity contribution >= 4 is 19.7 Å². The van der Waals surface area contributed by atoms with Crippen molar-refractivity contribution in [2.45, 2.75) is 51.5 Å². The zero-order valence-corrected chi connectivity index (χ0v) is 13.1. The highest BCUT2D eigenvalue weighted by Gasteiger charge is 2.51. The second-order valence-electron chi connectivity index (χ2n) is 7.04. The van der Waals surface area contributed by atoms with Crippen molar-refractivity contribution < 1.29 is 14.7 Å². The van der Waals surface area contributed by atoms with Crippen molar-refractivity contribution in [3.63, 3.8) is 0 Å². The Labute approximate surface area is 127 Å². The van der Waals surface area contributed by atoms with Crippen LogP contribution in [0.25, 0.3) is 0 Å². The lowest BCUT2D eigenvalue weighted by atomic mass is 9.83. The van der Waals surface area contributed by atoms with Crippen LogP contribution in [0.3, 0.4) is 0 Å². The molecule has 1 rings (SSSR count). The molecular weight excluding hydrogens is 269 g/mol. The van der Waals surface area contributed by atoms with Gasteiger partial charge in [0.15, 0.2) is 0 Å². The Morgan fingerprint density at radius 2 is 2.05 bits per heavy atom. The van der Waals surface area contributed by atoms with Crippen molar-refractivity contribution in [3.8, 4) is 0 Å². The van der Waals surface area contributed by atoms with Gasteiger partial charge in [0.25, 0.3) is 0 Å². The van der Waals surface area contributed by atoms with Crippen molar-refractivity contribution in [2.75, 3.05) is 13.1 Å². The summed E-state index contributed by atoms with van der Waals surface area (Å²) in [4.78, 5) is 25.4. The quantitative estimate of drug-likeness (QED) is 0.617. The molecule has 0 aromatic rings. The maximum atomic E-state index is 12.4. The maximum absolute atomic E-state index is 12.4. The van der Waals surface area contributed by atoms with Gasteiger partial charge in [-0.05, 0) is 11.8 Å². The van der Waals surface area contributed by atoms with E-state index in [0.717, 1.165) is 0 Å². The number of aliphatic carboxylic acids is 1. The molecule has 1 heterocycles. The molecule has 0 aromatic heterocycles. The average molecular weight is 295 g/mol. The van der Waals surface area contributed by atoms with Crippen LogP contribution in [0.15, 0.2) is 0 Å². The lowest BCUT2D eigenvalue weighted by Crippen LogP contribution is -2.56. The Hall–Kier alpha value is -1.08. The predicted octanol–water partition coefficient (Wildman–Crippen LogP) is -0.0327. The average Bonchev–Trinajstić information content (AvgIpc) is 2.72. The molecule has 1 saturated heterocycles. The third kappa shape index (κ3) is 3.77. The second-order valence-corrected chi connectivity index (χ2v) is 7.04. The van der Waals surface area contributed by atoms with Crippen molar-refractivity contribution in [1.29, 1.82) is 0 Å². The third-order valence-corrected chi connectivity index (χ3v) is 4.29. The van der Waals surface area contributed by atoms with E-state index >= 15 is 0 Å². The van der Waals surface area contributed by atoms with Crippen LogP contribution < -0.4 is 11.5 Å². The number of likely N-dealkylation sites (tertiary alicyclic amines) is 1. The number of hydrogen-bond acceptors (Lipinski definition) is 4. The molecule has 0 spiro atoms. The van der Waals surface area contributed by atoms with Gasteiger partial charge in [-0.2, -0.15) is 0 Å². The lowest BCUT2D eigenvalue weighted by molar-refractivity contribution is -0.144. The largest absolute Gasteiger partial charge is 0.480 e. The van der Waals surface area contributed by atoms with E-state index in [0.29, 0.717) is 25.7 Å². The van der Waals surface area contributed by atoms with Crippen LogP contribution in [0, 0.1) is 11.3 Å². The van der Waals surface area contributed by atoms with Gasteiger partial charge < -0.3 is 21.5 Å². The van der Waals surface area contributed by atoms with Crippen LogP contribution in [-0.2, 0) is 9.59 Å². The maximum Gasteiger partial charge on any atom is 0.325 e. The first-order valence-corrected chi connectivity index (χ1v) is 7.30. The number of carboxylic acid groups (broad SMARTS) is 1. The number of amides is 1. The topological polar surface area (TPSA) is 110 Å². The summed E-state index contributed by atoms with van der Waals surface area (Å²) in [6, 6.07) is -0.677. The molecule has 6 nitrogen and oxygen atoms in total. The molecule has 1 aliphatic heterocycles. The van der Waals surface area contributed by atoms with Crippen LogP contribution in [0.5, 0.6) is 0 Å². The van der Waals surface area contributed by atoms with Gasteiger partial charge >= 0.3 is 5.97 Å². The van der Waals surface area contributed by atoms with E-state index in [2.05, 4.69) is 0 Å². The summed E-state index contributed by atoms with van der Waals surface area (Å²) < 4.78 is 0. The van der Waals surface area contributed by atoms with Gasteiger partial charge in [-0.3, -0.25) is 9.59 Å². The molecular formula is C14H26BN3O3. The molecule has 0 aromatic carbocycles.